The van der Waals surface area contributed by atoms with Crippen molar-refractivity contribution in [3.05, 3.63) is 36.1 Å². The van der Waals surface area contributed by atoms with Crippen molar-refractivity contribution in [1.82, 2.24) is 4.98 Å². The molecule has 0 bridgehead atoms. The Bertz CT molecular complexity index is 437. The van der Waals surface area contributed by atoms with Crippen molar-refractivity contribution in [2.75, 3.05) is 0 Å². The van der Waals surface area contributed by atoms with Gasteiger partial charge in [-0.05, 0) is 26.0 Å². The van der Waals surface area contributed by atoms with Gasteiger partial charge >= 0.3 is 0 Å². The maximum atomic E-state index is 5.94. The van der Waals surface area contributed by atoms with Crippen LogP contribution < -0.4 is 5.73 Å². The van der Waals surface area contributed by atoms with E-state index in [1.54, 1.807) is 12.5 Å². The van der Waals surface area contributed by atoms with Gasteiger partial charge in [-0.25, -0.2) is 4.98 Å². The number of rotatable bonds is 4. The van der Waals surface area contributed by atoms with E-state index in [0.717, 1.165) is 11.5 Å². The van der Waals surface area contributed by atoms with Gasteiger partial charge in [-0.2, -0.15) is 0 Å². The van der Waals surface area contributed by atoms with Crippen molar-refractivity contribution in [3.8, 4) is 0 Å². The van der Waals surface area contributed by atoms with Gasteiger partial charge in [-0.15, -0.1) is 0 Å². The Labute approximate surface area is 98.2 Å². The minimum atomic E-state index is -0.0394. The second-order valence-corrected chi connectivity index (χ2v) is 4.74. The zero-order chi connectivity index (χ0) is 11.5. The van der Waals surface area contributed by atoms with E-state index >= 15 is 0 Å². The van der Waals surface area contributed by atoms with Gasteiger partial charge < -0.3 is 14.6 Å². The molecule has 0 amide bonds. The van der Waals surface area contributed by atoms with Gasteiger partial charge in [0, 0.05) is 6.04 Å². The Morgan fingerprint density at radius 3 is 2.75 bits per heavy atom. The van der Waals surface area contributed by atoms with Crippen molar-refractivity contribution in [3.63, 3.8) is 0 Å². The van der Waals surface area contributed by atoms with Crippen molar-refractivity contribution < 1.29 is 8.83 Å². The quantitative estimate of drug-likeness (QED) is 0.830. The average molecular weight is 238 g/mol. The maximum absolute atomic E-state index is 5.94. The van der Waals surface area contributed by atoms with E-state index in [1.165, 1.54) is 11.8 Å². The third kappa shape index (κ3) is 2.48. The first kappa shape index (κ1) is 11.3. The fourth-order valence-corrected chi connectivity index (χ4v) is 2.32. The van der Waals surface area contributed by atoms with Crippen LogP contribution in [-0.4, -0.2) is 11.0 Å². The van der Waals surface area contributed by atoms with Gasteiger partial charge in [0.05, 0.1) is 11.4 Å². The number of hydrogen-bond acceptors (Lipinski definition) is 5. The highest BCUT2D eigenvalue weighted by molar-refractivity contribution is 7.99. The normalized spacial score (nSPS) is 14.9. The first-order valence-corrected chi connectivity index (χ1v) is 5.93. The maximum Gasteiger partial charge on any atom is 0.256 e. The van der Waals surface area contributed by atoms with Crippen LogP contribution in [0.3, 0.4) is 0 Å². The minimum Gasteiger partial charge on any atom is -0.465 e. The lowest BCUT2D eigenvalue weighted by molar-refractivity contribution is 0.442. The molecule has 2 aromatic heterocycles. The number of nitrogens with two attached hydrogens (primary N) is 1. The molecule has 0 fully saturated rings. The number of aryl methyl sites for hydroxylation is 1. The Kier molecular flexibility index (Phi) is 3.36. The average Bonchev–Trinajstić information content (AvgIpc) is 2.84. The summed E-state index contributed by atoms with van der Waals surface area (Å²) in [5, 5.41) is 0.628. The van der Waals surface area contributed by atoms with E-state index in [2.05, 4.69) is 4.98 Å². The van der Waals surface area contributed by atoms with E-state index in [1.807, 2.05) is 26.0 Å². The fourth-order valence-electron chi connectivity index (χ4n) is 1.41. The molecule has 2 rings (SSSR count). The highest BCUT2D eigenvalue weighted by Gasteiger charge is 2.22. The van der Waals surface area contributed by atoms with Crippen LogP contribution in [-0.2, 0) is 0 Å². The number of furan rings is 1. The molecule has 0 aliphatic rings. The minimum absolute atomic E-state index is 0.0207. The van der Waals surface area contributed by atoms with E-state index in [9.17, 15) is 0 Å². The second kappa shape index (κ2) is 4.76. The third-order valence-electron chi connectivity index (χ3n) is 2.16. The second-order valence-electron chi connectivity index (χ2n) is 3.64. The van der Waals surface area contributed by atoms with Crippen LogP contribution in [0.1, 0.15) is 23.7 Å². The van der Waals surface area contributed by atoms with Crippen LogP contribution >= 0.6 is 11.8 Å². The molecule has 2 atom stereocenters. The molecular formula is C11H14N2O2S. The Morgan fingerprint density at radius 2 is 2.25 bits per heavy atom. The summed E-state index contributed by atoms with van der Waals surface area (Å²) >= 11 is 1.47. The molecule has 0 saturated carbocycles. The molecule has 16 heavy (non-hydrogen) atoms. The van der Waals surface area contributed by atoms with Crippen LogP contribution in [0.25, 0.3) is 0 Å². The molecule has 0 spiro atoms. The predicted octanol–water partition coefficient (Wildman–Crippen LogP) is 2.76. The molecule has 5 heteroatoms. The van der Waals surface area contributed by atoms with Gasteiger partial charge in [-0.3, -0.25) is 0 Å². The number of oxazole rings is 1. The highest BCUT2D eigenvalue weighted by Crippen LogP contribution is 2.36. The molecule has 86 valence electrons. The van der Waals surface area contributed by atoms with Crippen LogP contribution in [0, 0.1) is 6.92 Å². The SMILES string of the molecule is Cc1ccc(C(Sc2ncco2)C(C)N)o1. The molecule has 0 aromatic carbocycles. The molecular weight excluding hydrogens is 224 g/mol. The summed E-state index contributed by atoms with van der Waals surface area (Å²) < 4.78 is 10.8. The fraction of sp³-hybridized carbons (Fsp3) is 0.364. The van der Waals surface area contributed by atoms with Crippen LogP contribution in [0.2, 0.25) is 0 Å². The number of thioether (sulfide) groups is 1. The molecule has 0 radical (unpaired) electrons. The molecule has 2 aromatic rings. The molecule has 0 saturated heterocycles. The monoisotopic (exact) mass is 238 g/mol. The summed E-state index contributed by atoms with van der Waals surface area (Å²) in [7, 11) is 0. The van der Waals surface area contributed by atoms with E-state index in [0.29, 0.717) is 5.22 Å². The van der Waals surface area contributed by atoms with Gasteiger partial charge in [0.15, 0.2) is 0 Å². The first-order chi connectivity index (χ1) is 7.66. The van der Waals surface area contributed by atoms with Gasteiger partial charge in [0.2, 0.25) is 0 Å². The van der Waals surface area contributed by atoms with Gasteiger partial charge in [-0.1, -0.05) is 11.8 Å². The summed E-state index contributed by atoms with van der Waals surface area (Å²) in [5.74, 6) is 1.74. The van der Waals surface area contributed by atoms with Crippen molar-refractivity contribution in [2.24, 2.45) is 5.73 Å². The largest absolute Gasteiger partial charge is 0.465 e. The Hall–Kier alpha value is -1.20. The number of nitrogens with zero attached hydrogens (tertiary/aromatic N) is 1. The Balaban J connectivity index is 2.18. The first-order valence-electron chi connectivity index (χ1n) is 5.05. The van der Waals surface area contributed by atoms with E-state index in [4.69, 9.17) is 14.6 Å². The zero-order valence-electron chi connectivity index (χ0n) is 9.21. The van der Waals surface area contributed by atoms with Crippen LogP contribution in [0.15, 0.2) is 38.6 Å². The predicted molar refractivity (Wildman–Crippen MR) is 62.2 cm³/mol. The summed E-state index contributed by atoms with van der Waals surface area (Å²) in [5.41, 5.74) is 5.94. The standard InChI is InChI=1S/C11H14N2O2S/c1-7-3-4-9(15-7)10(8(2)12)16-11-13-5-6-14-11/h3-6,8,10H,12H2,1-2H3. The molecule has 0 aliphatic carbocycles. The molecule has 2 N–H and O–H groups in total. The summed E-state index contributed by atoms with van der Waals surface area (Å²) in [6.45, 7) is 3.86. The summed E-state index contributed by atoms with van der Waals surface area (Å²) in [4.78, 5) is 4.07. The van der Waals surface area contributed by atoms with Crippen molar-refractivity contribution in [2.45, 2.75) is 30.4 Å². The van der Waals surface area contributed by atoms with Gasteiger partial charge in [0.1, 0.15) is 17.8 Å². The van der Waals surface area contributed by atoms with Crippen LogP contribution in [0.4, 0.5) is 0 Å². The van der Waals surface area contributed by atoms with Crippen molar-refractivity contribution >= 4 is 11.8 Å². The topological polar surface area (TPSA) is 65.2 Å². The molecule has 0 aliphatic heterocycles. The molecule has 4 nitrogen and oxygen atoms in total. The Morgan fingerprint density at radius 1 is 1.44 bits per heavy atom. The number of hydrogen-bond donors (Lipinski definition) is 1. The lowest BCUT2D eigenvalue weighted by Gasteiger charge is -2.15. The molecule has 2 unspecified atom stereocenters. The number of aromatic nitrogens is 1. The summed E-state index contributed by atoms with van der Waals surface area (Å²) in [6.07, 6.45) is 3.17. The lowest BCUT2D eigenvalue weighted by Crippen LogP contribution is -2.22. The highest BCUT2D eigenvalue weighted by atomic mass is 32.2. The third-order valence-corrected chi connectivity index (χ3v) is 3.48. The summed E-state index contributed by atoms with van der Waals surface area (Å²) in [6, 6.07) is 3.84. The van der Waals surface area contributed by atoms with E-state index in [-0.39, 0.29) is 11.3 Å². The zero-order valence-corrected chi connectivity index (χ0v) is 10.0. The van der Waals surface area contributed by atoms with E-state index < -0.39 is 0 Å². The molecule has 2 heterocycles. The van der Waals surface area contributed by atoms with Crippen LogP contribution in [0.5, 0.6) is 0 Å². The lowest BCUT2D eigenvalue weighted by atomic mass is 10.2. The van der Waals surface area contributed by atoms with Crippen molar-refractivity contribution in [1.29, 1.82) is 0 Å². The smallest absolute Gasteiger partial charge is 0.256 e. The van der Waals surface area contributed by atoms with Gasteiger partial charge in [0.25, 0.3) is 5.22 Å².